The van der Waals surface area contributed by atoms with Crippen LogP contribution in [0.25, 0.3) is 0 Å². The molecule has 3 aromatic rings. The fraction of sp³-hybridized carbons (Fsp3) is 0.227. The second-order valence-corrected chi connectivity index (χ2v) is 6.98. The molecule has 0 aliphatic carbocycles. The molecule has 0 radical (unpaired) electrons. The summed E-state index contributed by atoms with van der Waals surface area (Å²) in [6, 6.07) is 11.3. The van der Waals surface area contributed by atoms with Crippen LogP contribution in [-0.2, 0) is 4.79 Å². The number of benzene rings is 2. The van der Waals surface area contributed by atoms with Crippen molar-refractivity contribution in [3.63, 3.8) is 0 Å². The number of carbonyl (C=O) groups excluding carboxylic acids is 1. The van der Waals surface area contributed by atoms with Crippen LogP contribution in [0, 0.1) is 12.7 Å². The third-order valence-electron chi connectivity index (χ3n) is 4.99. The maximum absolute atomic E-state index is 13.5. The predicted octanol–water partition coefficient (Wildman–Crippen LogP) is 4.05. The number of carbonyl (C=O) groups is 1. The van der Waals surface area contributed by atoms with Crippen molar-refractivity contribution in [3.8, 4) is 5.75 Å². The largest absolute Gasteiger partial charge is 0.494 e. The number of anilines is 2. The van der Waals surface area contributed by atoms with Crippen LogP contribution in [0.15, 0.2) is 60.1 Å². The van der Waals surface area contributed by atoms with E-state index in [4.69, 9.17) is 4.74 Å². The Hall–Kier alpha value is -3.68. The summed E-state index contributed by atoms with van der Waals surface area (Å²) in [5, 5.41) is 10.4. The number of rotatable bonds is 5. The first kappa shape index (κ1) is 19.6. The normalized spacial score (nSPS) is 15.4. The summed E-state index contributed by atoms with van der Waals surface area (Å²) in [5.41, 5.74) is 3.11. The van der Waals surface area contributed by atoms with Crippen LogP contribution in [0.4, 0.5) is 16.0 Å². The Balaban J connectivity index is 1.79. The van der Waals surface area contributed by atoms with E-state index in [1.54, 1.807) is 17.7 Å². The number of para-hydroxylation sites is 1. The SMILES string of the molecule is CCOc1ccccc1C1C(C(=O)Nc2ccc(F)cc2C)=C(C)Nc2ncnn21. The zero-order chi connectivity index (χ0) is 21.3. The van der Waals surface area contributed by atoms with E-state index in [1.165, 1.54) is 18.5 Å². The van der Waals surface area contributed by atoms with Crippen LogP contribution < -0.4 is 15.4 Å². The van der Waals surface area contributed by atoms with Gasteiger partial charge in [-0.3, -0.25) is 4.79 Å². The minimum atomic E-state index is -0.535. The lowest BCUT2D eigenvalue weighted by molar-refractivity contribution is -0.113. The maximum Gasteiger partial charge on any atom is 0.255 e. The maximum atomic E-state index is 13.5. The fourth-order valence-corrected chi connectivity index (χ4v) is 3.62. The summed E-state index contributed by atoms with van der Waals surface area (Å²) in [5.74, 6) is 0.547. The van der Waals surface area contributed by atoms with Crippen molar-refractivity contribution in [2.24, 2.45) is 0 Å². The molecule has 2 aromatic carbocycles. The molecule has 0 spiro atoms. The van der Waals surface area contributed by atoms with Crippen molar-refractivity contribution in [1.82, 2.24) is 14.8 Å². The van der Waals surface area contributed by atoms with Crippen molar-refractivity contribution < 1.29 is 13.9 Å². The van der Waals surface area contributed by atoms with Gasteiger partial charge in [0.1, 0.15) is 23.9 Å². The number of ether oxygens (including phenoxy) is 1. The van der Waals surface area contributed by atoms with E-state index >= 15 is 0 Å². The lowest BCUT2D eigenvalue weighted by atomic mass is 9.94. The molecule has 1 atom stereocenters. The van der Waals surface area contributed by atoms with Gasteiger partial charge in [-0.2, -0.15) is 10.1 Å². The minimum Gasteiger partial charge on any atom is -0.494 e. The molecule has 1 aliphatic rings. The number of amides is 1. The van der Waals surface area contributed by atoms with Gasteiger partial charge >= 0.3 is 0 Å². The number of hydrogen-bond donors (Lipinski definition) is 2. The summed E-state index contributed by atoms with van der Waals surface area (Å²) >= 11 is 0. The zero-order valence-corrected chi connectivity index (χ0v) is 16.9. The van der Waals surface area contributed by atoms with Crippen molar-refractivity contribution in [2.45, 2.75) is 26.8 Å². The van der Waals surface area contributed by atoms with Gasteiger partial charge in [0, 0.05) is 16.9 Å². The van der Waals surface area contributed by atoms with Crippen molar-refractivity contribution in [1.29, 1.82) is 0 Å². The highest BCUT2D eigenvalue weighted by atomic mass is 19.1. The Kier molecular flexibility index (Phi) is 5.22. The fourth-order valence-electron chi connectivity index (χ4n) is 3.62. The molecule has 154 valence electrons. The Morgan fingerprint density at radius 2 is 2.07 bits per heavy atom. The third-order valence-corrected chi connectivity index (χ3v) is 4.99. The molecule has 2 N–H and O–H groups in total. The first-order valence-corrected chi connectivity index (χ1v) is 9.66. The number of aryl methyl sites for hydroxylation is 1. The first-order valence-electron chi connectivity index (χ1n) is 9.66. The monoisotopic (exact) mass is 407 g/mol. The van der Waals surface area contributed by atoms with Gasteiger partial charge in [0.05, 0.1) is 12.2 Å². The second kappa shape index (κ2) is 7.98. The average molecular weight is 407 g/mol. The van der Waals surface area contributed by atoms with E-state index in [0.29, 0.717) is 40.8 Å². The lowest BCUT2D eigenvalue weighted by Gasteiger charge is -2.29. The first-order chi connectivity index (χ1) is 14.5. The van der Waals surface area contributed by atoms with Gasteiger partial charge in [0.15, 0.2) is 0 Å². The molecule has 0 bridgehead atoms. The molecule has 8 heteroatoms. The summed E-state index contributed by atoms with van der Waals surface area (Å²) in [6.07, 6.45) is 1.44. The molecule has 0 saturated heterocycles. The number of halogens is 1. The van der Waals surface area contributed by atoms with E-state index in [9.17, 15) is 9.18 Å². The standard InChI is InChI=1S/C22H22FN5O2/c1-4-30-18-8-6-5-7-16(18)20-19(14(3)26-22-24-12-25-28(20)22)21(29)27-17-10-9-15(23)11-13(17)2/h5-12,20H,4H2,1-3H3,(H,27,29)(H,24,25,26). The molecule has 1 aromatic heterocycles. The summed E-state index contributed by atoms with van der Waals surface area (Å²) < 4.78 is 20.9. The van der Waals surface area contributed by atoms with Gasteiger partial charge in [0.25, 0.3) is 5.91 Å². The van der Waals surface area contributed by atoms with E-state index in [0.717, 1.165) is 5.56 Å². The highest BCUT2D eigenvalue weighted by Crippen LogP contribution is 2.39. The molecule has 0 fully saturated rings. The Bertz CT molecular complexity index is 1140. The molecule has 4 rings (SSSR count). The molecule has 1 unspecified atom stereocenters. The molecule has 0 saturated carbocycles. The van der Waals surface area contributed by atoms with Crippen LogP contribution in [0.1, 0.15) is 31.0 Å². The Labute approximate surface area is 173 Å². The van der Waals surface area contributed by atoms with Gasteiger partial charge in [-0.25, -0.2) is 9.07 Å². The number of aromatic nitrogens is 3. The van der Waals surface area contributed by atoms with Gasteiger partial charge in [-0.1, -0.05) is 18.2 Å². The van der Waals surface area contributed by atoms with E-state index in [2.05, 4.69) is 20.7 Å². The highest BCUT2D eigenvalue weighted by Gasteiger charge is 2.35. The number of fused-ring (bicyclic) bond motifs is 1. The number of nitrogens with zero attached hydrogens (tertiary/aromatic N) is 3. The van der Waals surface area contributed by atoms with Gasteiger partial charge in [-0.15, -0.1) is 0 Å². The van der Waals surface area contributed by atoms with E-state index in [1.807, 2.05) is 38.1 Å². The van der Waals surface area contributed by atoms with Crippen molar-refractivity contribution in [3.05, 3.63) is 77.0 Å². The van der Waals surface area contributed by atoms with Crippen LogP contribution in [0.2, 0.25) is 0 Å². The number of nitrogens with one attached hydrogen (secondary N) is 2. The zero-order valence-electron chi connectivity index (χ0n) is 16.9. The van der Waals surface area contributed by atoms with Crippen LogP contribution in [0.5, 0.6) is 5.75 Å². The minimum absolute atomic E-state index is 0.313. The van der Waals surface area contributed by atoms with E-state index in [-0.39, 0.29) is 11.7 Å². The molecule has 1 amide bonds. The topological polar surface area (TPSA) is 81.1 Å². The number of hydrogen-bond acceptors (Lipinski definition) is 5. The molecule has 30 heavy (non-hydrogen) atoms. The second-order valence-electron chi connectivity index (χ2n) is 6.98. The number of allylic oxidation sites excluding steroid dienone is 1. The third kappa shape index (κ3) is 3.52. The molecule has 1 aliphatic heterocycles. The smallest absolute Gasteiger partial charge is 0.255 e. The Morgan fingerprint density at radius 1 is 1.27 bits per heavy atom. The molecular weight excluding hydrogens is 385 g/mol. The van der Waals surface area contributed by atoms with Gasteiger partial charge in [-0.05, 0) is 50.6 Å². The average Bonchev–Trinajstić information content (AvgIpc) is 3.18. The summed E-state index contributed by atoms with van der Waals surface area (Å²) in [7, 11) is 0. The molecular formula is C22H22FN5O2. The van der Waals surface area contributed by atoms with Gasteiger partial charge in [0.2, 0.25) is 5.95 Å². The van der Waals surface area contributed by atoms with Crippen LogP contribution >= 0.6 is 0 Å². The van der Waals surface area contributed by atoms with Crippen LogP contribution in [-0.4, -0.2) is 27.3 Å². The highest BCUT2D eigenvalue weighted by molar-refractivity contribution is 6.06. The molecule has 2 heterocycles. The van der Waals surface area contributed by atoms with Crippen LogP contribution in [0.3, 0.4) is 0 Å². The summed E-state index contributed by atoms with van der Waals surface area (Å²) in [4.78, 5) is 17.6. The molecule has 7 nitrogen and oxygen atoms in total. The Morgan fingerprint density at radius 3 is 2.83 bits per heavy atom. The predicted molar refractivity (Wildman–Crippen MR) is 112 cm³/mol. The lowest BCUT2D eigenvalue weighted by Crippen LogP contribution is -2.32. The van der Waals surface area contributed by atoms with Gasteiger partial charge < -0.3 is 15.4 Å². The quantitative estimate of drug-likeness (QED) is 0.667. The van der Waals surface area contributed by atoms with E-state index < -0.39 is 6.04 Å². The summed E-state index contributed by atoms with van der Waals surface area (Å²) in [6.45, 7) is 5.97. The van der Waals surface area contributed by atoms with Crippen molar-refractivity contribution in [2.75, 3.05) is 17.2 Å². The van der Waals surface area contributed by atoms with Crippen molar-refractivity contribution >= 4 is 17.5 Å².